The zero-order valence-corrected chi connectivity index (χ0v) is 9.28. The van der Waals surface area contributed by atoms with Gasteiger partial charge in [0.2, 0.25) is 0 Å². The maximum Gasteiger partial charge on any atom is 0.139 e. The minimum atomic E-state index is 0.220. The molecule has 2 nitrogen and oxygen atoms in total. The number of thiazole rings is 1. The van der Waals surface area contributed by atoms with E-state index < -0.39 is 0 Å². The summed E-state index contributed by atoms with van der Waals surface area (Å²) in [6.07, 6.45) is 1.66. The molecule has 0 aromatic carbocycles. The molecule has 0 atom stereocenters. The maximum absolute atomic E-state index is 11.4. The Morgan fingerprint density at radius 2 is 2.43 bits per heavy atom. The van der Waals surface area contributed by atoms with E-state index in [0.29, 0.717) is 19.3 Å². The van der Waals surface area contributed by atoms with E-state index in [9.17, 15) is 4.79 Å². The average Bonchev–Trinajstić information content (AvgIpc) is 2.52. The van der Waals surface area contributed by atoms with Crippen molar-refractivity contribution in [3.63, 3.8) is 0 Å². The third kappa shape index (κ3) is 3.71. The van der Waals surface area contributed by atoms with E-state index in [1.54, 1.807) is 18.3 Å². The number of nitrogens with zero attached hydrogens (tertiary/aromatic N) is 1. The number of hydrogen-bond acceptors (Lipinski definition) is 3. The van der Waals surface area contributed by atoms with Crippen molar-refractivity contribution in [1.29, 1.82) is 0 Å². The molecular weight excluding hydrogens is 194 g/mol. The second kappa shape index (κ2) is 5.56. The van der Waals surface area contributed by atoms with Crippen LogP contribution in [0.1, 0.15) is 30.5 Å². The Morgan fingerprint density at radius 1 is 1.64 bits per heavy atom. The molecule has 74 valence electrons. The highest BCUT2D eigenvalue weighted by Crippen LogP contribution is 2.09. The van der Waals surface area contributed by atoms with Gasteiger partial charge in [-0.25, -0.2) is 4.98 Å². The van der Waals surface area contributed by atoms with Crippen LogP contribution in [0.25, 0.3) is 0 Å². The molecule has 0 fully saturated rings. The minimum Gasteiger partial charge on any atom is -0.299 e. The summed E-state index contributed by atoms with van der Waals surface area (Å²) >= 11 is 1.58. The summed E-state index contributed by atoms with van der Waals surface area (Å²) in [6, 6.07) is 0. The number of aromatic nitrogens is 1. The fourth-order valence-corrected chi connectivity index (χ4v) is 1.72. The molecule has 0 spiro atoms. The molecule has 1 rings (SSSR count). The van der Waals surface area contributed by atoms with E-state index in [-0.39, 0.29) is 5.78 Å². The van der Waals surface area contributed by atoms with Crippen molar-refractivity contribution in [2.24, 2.45) is 0 Å². The van der Waals surface area contributed by atoms with Crippen LogP contribution in [0, 0.1) is 18.8 Å². The number of rotatable bonds is 4. The topological polar surface area (TPSA) is 30.0 Å². The normalized spacial score (nSPS) is 9.29. The summed E-state index contributed by atoms with van der Waals surface area (Å²) in [7, 11) is 0. The van der Waals surface area contributed by atoms with Gasteiger partial charge in [-0.3, -0.25) is 4.79 Å². The summed E-state index contributed by atoms with van der Waals surface area (Å²) in [5.74, 6) is 5.88. The predicted octanol–water partition coefficient (Wildman–Crippen LogP) is 2.37. The van der Waals surface area contributed by atoms with Crippen LogP contribution in [0.4, 0.5) is 0 Å². The highest BCUT2D eigenvalue weighted by Gasteiger charge is 2.05. The molecule has 0 aliphatic rings. The van der Waals surface area contributed by atoms with Crippen molar-refractivity contribution in [2.75, 3.05) is 0 Å². The standard InChI is InChI=1S/C11H13NOS/c1-3-4-5-6-11(13)7-10-8-14-9(2)12-10/h8H,5-7H2,1-2H3. The second-order valence-electron chi connectivity index (χ2n) is 3.00. The molecule has 0 unspecified atom stereocenters. The van der Waals surface area contributed by atoms with Crippen LogP contribution in [0.2, 0.25) is 0 Å². The van der Waals surface area contributed by atoms with Gasteiger partial charge in [-0.15, -0.1) is 23.2 Å². The van der Waals surface area contributed by atoms with Gasteiger partial charge in [-0.05, 0) is 13.8 Å². The van der Waals surface area contributed by atoms with Crippen LogP contribution < -0.4 is 0 Å². The highest BCUT2D eigenvalue weighted by molar-refractivity contribution is 7.09. The first-order chi connectivity index (χ1) is 6.72. The van der Waals surface area contributed by atoms with Gasteiger partial charge in [0.1, 0.15) is 5.78 Å². The van der Waals surface area contributed by atoms with Gasteiger partial charge in [-0.1, -0.05) is 0 Å². The fraction of sp³-hybridized carbons (Fsp3) is 0.455. The van der Waals surface area contributed by atoms with Gasteiger partial charge >= 0.3 is 0 Å². The minimum absolute atomic E-state index is 0.220. The van der Waals surface area contributed by atoms with Crippen LogP contribution in [0.3, 0.4) is 0 Å². The van der Waals surface area contributed by atoms with E-state index in [4.69, 9.17) is 0 Å². The average molecular weight is 207 g/mol. The molecule has 14 heavy (non-hydrogen) atoms. The second-order valence-corrected chi connectivity index (χ2v) is 4.06. The number of Topliss-reactive ketones (excluding diaryl/α,β-unsaturated/α-hetero) is 1. The van der Waals surface area contributed by atoms with Gasteiger partial charge in [0.25, 0.3) is 0 Å². The Hall–Kier alpha value is -1.14. The van der Waals surface area contributed by atoms with Crippen molar-refractivity contribution in [3.05, 3.63) is 16.1 Å². The van der Waals surface area contributed by atoms with E-state index in [0.717, 1.165) is 10.7 Å². The quantitative estimate of drug-likeness (QED) is 0.709. The summed E-state index contributed by atoms with van der Waals surface area (Å²) < 4.78 is 0. The maximum atomic E-state index is 11.4. The molecule has 1 heterocycles. The van der Waals surface area contributed by atoms with Crippen LogP contribution in [0.5, 0.6) is 0 Å². The molecule has 0 aliphatic heterocycles. The molecule has 0 amide bonds. The summed E-state index contributed by atoms with van der Waals surface area (Å²) in [6.45, 7) is 3.73. The summed E-state index contributed by atoms with van der Waals surface area (Å²) in [5, 5.41) is 2.96. The number of aryl methyl sites for hydroxylation is 1. The fourth-order valence-electron chi connectivity index (χ4n) is 1.11. The van der Waals surface area contributed by atoms with Crippen LogP contribution in [-0.2, 0) is 11.2 Å². The first kappa shape index (κ1) is 10.9. The monoisotopic (exact) mass is 207 g/mol. The lowest BCUT2D eigenvalue weighted by molar-refractivity contribution is -0.118. The van der Waals surface area contributed by atoms with Crippen molar-refractivity contribution in [3.8, 4) is 11.8 Å². The van der Waals surface area contributed by atoms with Crippen molar-refractivity contribution in [1.82, 2.24) is 4.98 Å². The van der Waals surface area contributed by atoms with Crippen LogP contribution in [0.15, 0.2) is 5.38 Å². The summed E-state index contributed by atoms with van der Waals surface area (Å²) in [5.41, 5.74) is 0.891. The van der Waals surface area contributed by atoms with E-state index in [1.807, 2.05) is 12.3 Å². The molecule has 0 radical (unpaired) electrons. The smallest absolute Gasteiger partial charge is 0.139 e. The van der Waals surface area contributed by atoms with Gasteiger partial charge in [0.15, 0.2) is 0 Å². The SMILES string of the molecule is CC#CCCC(=O)Cc1csc(C)n1. The molecule has 1 aromatic heterocycles. The highest BCUT2D eigenvalue weighted by atomic mass is 32.1. The Bertz CT molecular complexity index is 370. The third-order valence-corrected chi connectivity index (χ3v) is 2.57. The molecule has 0 saturated heterocycles. The van der Waals surface area contributed by atoms with E-state index in [2.05, 4.69) is 16.8 Å². The lowest BCUT2D eigenvalue weighted by Crippen LogP contribution is -2.02. The van der Waals surface area contributed by atoms with Crippen molar-refractivity contribution >= 4 is 17.1 Å². The zero-order chi connectivity index (χ0) is 10.4. The molecule has 0 saturated carbocycles. The number of hydrogen-bond donors (Lipinski definition) is 0. The van der Waals surface area contributed by atoms with E-state index >= 15 is 0 Å². The van der Waals surface area contributed by atoms with Gasteiger partial charge < -0.3 is 0 Å². The largest absolute Gasteiger partial charge is 0.299 e. The third-order valence-electron chi connectivity index (χ3n) is 1.75. The Labute approximate surface area is 88.4 Å². The van der Waals surface area contributed by atoms with Gasteiger partial charge in [-0.2, -0.15) is 0 Å². The molecule has 0 bridgehead atoms. The molecular formula is C11H13NOS. The lowest BCUT2D eigenvalue weighted by Gasteiger charge is -1.93. The Kier molecular flexibility index (Phi) is 4.34. The molecule has 0 N–H and O–H groups in total. The molecule has 0 aliphatic carbocycles. The predicted molar refractivity (Wildman–Crippen MR) is 58.2 cm³/mol. The molecule has 1 aromatic rings. The first-order valence-corrected chi connectivity index (χ1v) is 5.42. The van der Waals surface area contributed by atoms with Gasteiger partial charge in [0, 0.05) is 24.6 Å². The number of ketones is 1. The van der Waals surface area contributed by atoms with Gasteiger partial charge in [0.05, 0.1) is 10.7 Å². The van der Waals surface area contributed by atoms with E-state index in [1.165, 1.54) is 0 Å². The Morgan fingerprint density at radius 3 is 3.00 bits per heavy atom. The zero-order valence-electron chi connectivity index (χ0n) is 8.46. The van der Waals surface area contributed by atoms with Crippen molar-refractivity contribution in [2.45, 2.75) is 33.1 Å². The first-order valence-electron chi connectivity index (χ1n) is 4.54. The van der Waals surface area contributed by atoms with Crippen molar-refractivity contribution < 1.29 is 4.79 Å². The van der Waals surface area contributed by atoms with Crippen LogP contribution >= 0.6 is 11.3 Å². The Balaban J connectivity index is 2.36. The summed E-state index contributed by atoms with van der Waals surface area (Å²) in [4.78, 5) is 15.6. The van der Waals surface area contributed by atoms with Crippen LogP contribution in [-0.4, -0.2) is 10.8 Å². The number of carbonyl (C=O) groups is 1. The number of carbonyl (C=O) groups excluding carboxylic acids is 1. The lowest BCUT2D eigenvalue weighted by atomic mass is 10.1. The molecule has 3 heteroatoms.